The summed E-state index contributed by atoms with van der Waals surface area (Å²) < 4.78 is 5.84. The number of rotatable bonds is 4. The normalized spacial score (nSPS) is 10.7. The van der Waals surface area contributed by atoms with Gasteiger partial charge in [0.05, 0.1) is 5.56 Å². The summed E-state index contributed by atoms with van der Waals surface area (Å²) in [5.41, 5.74) is 4.27. The Labute approximate surface area is 112 Å². The third kappa shape index (κ3) is 2.89. The molecule has 0 aliphatic rings. The Bertz CT molecular complexity index is 596. The number of hydrogen-bond acceptors (Lipinski definition) is 5. The molecular formula is C14H16N4O. The number of para-hydroxylation sites is 1. The monoisotopic (exact) mass is 256 g/mol. The highest BCUT2D eigenvalue weighted by molar-refractivity contribution is 5.58. The number of nitrogens with one attached hydrogen (secondary N) is 1. The van der Waals surface area contributed by atoms with Crippen molar-refractivity contribution in [2.24, 2.45) is 5.84 Å². The quantitative estimate of drug-likeness (QED) is 0.650. The molecule has 98 valence electrons. The Balaban J connectivity index is 2.36. The van der Waals surface area contributed by atoms with Gasteiger partial charge in [-0.3, -0.25) is 0 Å². The minimum Gasteiger partial charge on any atom is -0.438 e. The Morgan fingerprint density at radius 3 is 2.79 bits per heavy atom. The van der Waals surface area contributed by atoms with Gasteiger partial charge < -0.3 is 10.2 Å². The average molecular weight is 256 g/mol. The van der Waals surface area contributed by atoms with Gasteiger partial charge in [0.25, 0.3) is 0 Å². The summed E-state index contributed by atoms with van der Waals surface area (Å²) in [6.07, 6.45) is 5.35. The first-order valence-corrected chi connectivity index (χ1v) is 5.94. The Morgan fingerprint density at radius 2 is 2.05 bits per heavy atom. The maximum Gasteiger partial charge on any atom is 0.227 e. The van der Waals surface area contributed by atoms with E-state index in [1.807, 2.05) is 50.3 Å². The Kier molecular flexibility index (Phi) is 4.10. The van der Waals surface area contributed by atoms with Gasteiger partial charge in [-0.1, -0.05) is 30.4 Å². The van der Waals surface area contributed by atoms with E-state index in [4.69, 9.17) is 10.6 Å². The van der Waals surface area contributed by atoms with Crippen LogP contribution in [0.2, 0.25) is 0 Å². The molecule has 5 heteroatoms. The molecule has 0 unspecified atom stereocenters. The fourth-order valence-corrected chi connectivity index (χ4v) is 1.68. The van der Waals surface area contributed by atoms with Gasteiger partial charge in [0, 0.05) is 5.56 Å². The molecule has 0 amide bonds. The zero-order valence-corrected chi connectivity index (χ0v) is 10.9. The molecular weight excluding hydrogens is 240 g/mol. The van der Waals surface area contributed by atoms with E-state index in [2.05, 4.69) is 15.4 Å². The van der Waals surface area contributed by atoms with Crippen LogP contribution in [0.1, 0.15) is 18.1 Å². The molecule has 2 rings (SSSR count). The Hall–Kier alpha value is -2.40. The van der Waals surface area contributed by atoms with Gasteiger partial charge in [0.1, 0.15) is 17.9 Å². The number of anilines is 1. The van der Waals surface area contributed by atoms with Crippen LogP contribution < -0.4 is 16.0 Å². The highest BCUT2D eigenvalue weighted by Crippen LogP contribution is 2.28. The maximum atomic E-state index is 5.84. The lowest BCUT2D eigenvalue weighted by Crippen LogP contribution is -2.11. The van der Waals surface area contributed by atoms with Crippen molar-refractivity contribution in [3.63, 3.8) is 0 Å². The van der Waals surface area contributed by atoms with Crippen LogP contribution in [0.3, 0.4) is 0 Å². The van der Waals surface area contributed by atoms with E-state index in [9.17, 15) is 0 Å². The van der Waals surface area contributed by atoms with Crippen molar-refractivity contribution in [3.8, 4) is 11.6 Å². The summed E-state index contributed by atoms with van der Waals surface area (Å²) in [6.45, 7) is 3.81. The van der Waals surface area contributed by atoms with Crippen LogP contribution in [0, 0.1) is 6.92 Å². The summed E-state index contributed by atoms with van der Waals surface area (Å²) in [6, 6.07) is 7.75. The fraction of sp³-hybridized carbons (Fsp3) is 0.143. The van der Waals surface area contributed by atoms with Crippen molar-refractivity contribution in [2.45, 2.75) is 13.8 Å². The summed E-state index contributed by atoms with van der Waals surface area (Å²) in [7, 11) is 0. The third-order valence-electron chi connectivity index (χ3n) is 2.65. The van der Waals surface area contributed by atoms with Gasteiger partial charge in [-0.15, -0.1) is 0 Å². The first-order chi connectivity index (χ1) is 9.26. The molecule has 0 atom stereocenters. The van der Waals surface area contributed by atoms with Crippen LogP contribution in [0.25, 0.3) is 6.08 Å². The largest absolute Gasteiger partial charge is 0.438 e. The van der Waals surface area contributed by atoms with Crippen LogP contribution in [-0.2, 0) is 0 Å². The number of nitrogen functional groups attached to an aromatic ring is 1. The standard InChI is InChI=1S/C14H16N4O/c1-3-6-11-7-4-5-8-12(11)19-14-10(2)13(18-15)16-9-17-14/h3-9H,15H2,1-2H3,(H,16,17,18)/b6-3+. The van der Waals surface area contributed by atoms with Crippen molar-refractivity contribution < 1.29 is 4.74 Å². The van der Waals surface area contributed by atoms with Crippen molar-refractivity contribution in [1.29, 1.82) is 0 Å². The molecule has 0 saturated carbocycles. The topological polar surface area (TPSA) is 73.1 Å². The number of nitrogens with zero attached hydrogens (tertiary/aromatic N) is 2. The second kappa shape index (κ2) is 5.97. The SMILES string of the molecule is C/C=C/c1ccccc1Oc1ncnc(NN)c1C. The molecule has 5 nitrogen and oxygen atoms in total. The van der Waals surface area contributed by atoms with E-state index >= 15 is 0 Å². The third-order valence-corrected chi connectivity index (χ3v) is 2.65. The first-order valence-electron chi connectivity index (χ1n) is 5.94. The molecule has 0 spiro atoms. The second-order valence-corrected chi connectivity index (χ2v) is 3.94. The number of hydrogen-bond donors (Lipinski definition) is 2. The van der Waals surface area contributed by atoms with Gasteiger partial charge in [0.2, 0.25) is 5.88 Å². The lowest BCUT2D eigenvalue weighted by Gasteiger charge is -2.11. The van der Waals surface area contributed by atoms with Crippen molar-refractivity contribution in [3.05, 3.63) is 47.8 Å². The molecule has 2 aromatic rings. The summed E-state index contributed by atoms with van der Waals surface area (Å²) in [4.78, 5) is 8.15. The molecule has 0 saturated heterocycles. The van der Waals surface area contributed by atoms with Crippen LogP contribution in [-0.4, -0.2) is 9.97 Å². The van der Waals surface area contributed by atoms with Gasteiger partial charge in [-0.25, -0.2) is 15.8 Å². The predicted molar refractivity (Wildman–Crippen MR) is 75.8 cm³/mol. The molecule has 1 heterocycles. The van der Waals surface area contributed by atoms with Crippen molar-refractivity contribution in [1.82, 2.24) is 9.97 Å². The van der Waals surface area contributed by atoms with E-state index in [-0.39, 0.29) is 0 Å². The lowest BCUT2D eigenvalue weighted by atomic mass is 10.2. The molecule has 0 aliphatic carbocycles. The molecule has 3 N–H and O–H groups in total. The zero-order chi connectivity index (χ0) is 13.7. The summed E-state index contributed by atoms with van der Waals surface area (Å²) in [5.74, 6) is 7.16. The Morgan fingerprint density at radius 1 is 1.26 bits per heavy atom. The maximum absolute atomic E-state index is 5.84. The number of allylic oxidation sites excluding steroid dienone is 1. The number of nitrogens with two attached hydrogens (primary N) is 1. The minimum atomic E-state index is 0.486. The molecule has 0 radical (unpaired) electrons. The van der Waals surface area contributed by atoms with E-state index in [0.717, 1.165) is 16.9 Å². The summed E-state index contributed by atoms with van der Waals surface area (Å²) >= 11 is 0. The minimum absolute atomic E-state index is 0.486. The van der Waals surface area contributed by atoms with E-state index in [0.29, 0.717) is 11.7 Å². The molecule has 0 bridgehead atoms. The van der Waals surface area contributed by atoms with Gasteiger partial charge >= 0.3 is 0 Å². The first kappa shape index (κ1) is 13.0. The second-order valence-electron chi connectivity index (χ2n) is 3.94. The molecule has 1 aromatic carbocycles. The highest BCUT2D eigenvalue weighted by Gasteiger charge is 2.09. The van der Waals surface area contributed by atoms with Crippen molar-refractivity contribution in [2.75, 3.05) is 5.43 Å². The van der Waals surface area contributed by atoms with E-state index in [1.165, 1.54) is 6.33 Å². The predicted octanol–water partition coefficient (Wildman–Crippen LogP) is 2.90. The van der Waals surface area contributed by atoms with Gasteiger partial charge in [0.15, 0.2) is 0 Å². The smallest absolute Gasteiger partial charge is 0.227 e. The van der Waals surface area contributed by atoms with Crippen LogP contribution in [0.4, 0.5) is 5.82 Å². The zero-order valence-electron chi connectivity index (χ0n) is 10.9. The molecule has 0 fully saturated rings. The molecule has 1 aromatic heterocycles. The fourth-order valence-electron chi connectivity index (χ4n) is 1.68. The van der Waals surface area contributed by atoms with Crippen LogP contribution in [0.5, 0.6) is 11.6 Å². The van der Waals surface area contributed by atoms with Gasteiger partial charge in [-0.2, -0.15) is 0 Å². The number of hydrazine groups is 1. The van der Waals surface area contributed by atoms with Crippen molar-refractivity contribution >= 4 is 11.9 Å². The number of ether oxygens (including phenoxy) is 1. The number of benzene rings is 1. The summed E-state index contributed by atoms with van der Waals surface area (Å²) in [5, 5.41) is 0. The molecule has 0 aliphatic heterocycles. The van der Waals surface area contributed by atoms with E-state index in [1.54, 1.807) is 0 Å². The van der Waals surface area contributed by atoms with Crippen LogP contribution in [0.15, 0.2) is 36.7 Å². The highest BCUT2D eigenvalue weighted by atomic mass is 16.5. The van der Waals surface area contributed by atoms with Crippen LogP contribution >= 0.6 is 0 Å². The molecule has 19 heavy (non-hydrogen) atoms. The van der Waals surface area contributed by atoms with E-state index < -0.39 is 0 Å². The number of aromatic nitrogens is 2. The average Bonchev–Trinajstić information content (AvgIpc) is 2.43. The van der Waals surface area contributed by atoms with Gasteiger partial charge in [-0.05, 0) is 19.9 Å². The lowest BCUT2D eigenvalue weighted by molar-refractivity contribution is 0.456.